The molecular formula is C6H4Cl2LiNO2. The van der Waals surface area contributed by atoms with E-state index in [1.165, 1.54) is 12.3 Å². The van der Waals surface area contributed by atoms with E-state index in [9.17, 15) is 4.79 Å². The molecule has 0 saturated heterocycles. The van der Waals surface area contributed by atoms with E-state index in [0.29, 0.717) is 0 Å². The standard InChI is InChI=1S/C6H3Cl2NO2.Li.H/c7-4-3(6(10)11)1-2-9-5(4)8;;/h1-2H,(H,10,11);;. The molecule has 0 aliphatic carbocycles. The Morgan fingerprint density at radius 1 is 1.50 bits per heavy atom. The van der Waals surface area contributed by atoms with Gasteiger partial charge in [0.05, 0.1) is 10.6 Å². The molecule has 1 heterocycles. The van der Waals surface area contributed by atoms with Gasteiger partial charge in [-0.2, -0.15) is 0 Å². The molecule has 3 nitrogen and oxygen atoms in total. The molecule has 0 saturated carbocycles. The molecule has 1 aromatic heterocycles. The van der Waals surface area contributed by atoms with Gasteiger partial charge in [-0.15, -0.1) is 0 Å². The molecule has 0 atom stereocenters. The number of carboxylic acids is 1. The number of hydrogen-bond acceptors (Lipinski definition) is 2. The zero-order valence-corrected chi connectivity index (χ0v) is 6.73. The molecule has 0 radical (unpaired) electrons. The van der Waals surface area contributed by atoms with E-state index in [-0.39, 0.29) is 34.6 Å². The van der Waals surface area contributed by atoms with Crippen molar-refractivity contribution in [2.75, 3.05) is 0 Å². The molecule has 0 fully saturated rings. The van der Waals surface area contributed by atoms with Gasteiger partial charge >= 0.3 is 24.8 Å². The van der Waals surface area contributed by atoms with Gasteiger partial charge in [-0.3, -0.25) is 0 Å². The summed E-state index contributed by atoms with van der Waals surface area (Å²) in [7, 11) is 0. The van der Waals surface area contributed by atoms with Crippen LogP contribution >= 0.6 is 23.2 Å². The number of halogens is 2. The summed E-state index contributed by atoms with van der Waals surface area (Å²) >= 11 is 11.0. The number of rotatable bonds is 1. The van der Waals surface area contributed by atoms with E-state index in [2.05, 4.69) is 4.98 Å². The van der Waals surface area contributed by atoms with Gasteiger partial charge in [0.2, 0.25) is 0 Å². The predicted octanol–water partition coefficient (Wildman–Crippen LogP) is 1.44. The van der Waals surface area contributed by atoms with Crippen LogP contribution < -0.4 is 0 Å². The summed E-state index contributed by atoms with van der Waals surface area (Å²) in [5.74, 6) is -1.11. The van der Waals surface area contributed by atoms with E-state index in [0.717, 1.165) is 0 Å². The summed E-state index contributed by atoms with van der Waals surface area (Å²) in [6.07, 6.45) is 1.29. The Kier molecular flexibility index (Phi) is 4.65. The van der Waals surface area contributed by atoms with Crippen LogP contribution in [0.1, 0.15) is 10.4 Å². The van der Waals surface area contributed by atoms with Crippen molar-refractivity contribution in [3.8, 4) is 0 Å². The molecule has 6 heteroatoms. The molecule has 1 rings (SSSR count). The van der Waals surface area contributed by atoms with Gasteiger partial charge in [0.15, 0.2) is 0 Å². The van der Waals surface area contributed by atoms with Crippen molar-refractivity contribution in [1.82, 2.24) is 4.98 Å². The van der Waals surface area contributed by atoms with Gasteiger partial charge in [0.1, 0.15) is 5.15 Å². The predicted molar refractivity (Wildman–Crippen MR) is 48.4 cm³/mol. The number of hydrogen-bond donors (Lipinski definition) is 1. The minimum absolute atomic E-state index is 0. The Labute approximate surface area is 90.9 Å². The first-order valence-corrected chi connectivity index (χ1v) is 3.42. The maximum absolute atomic E-state index is 10.4. The number of pyridine rings is 1. The van der Waals surface area contributed by atoms with Crippen LogP contribution in [-0.4, -0.2) is 34.9 Å². The van der Waals surface area contributed by atoms with Crippen LogP contribution in [0.15, 0.2) is 12.3 Å². The first-order chi connectivity index (χ1) is 5.13. The first kappa shape index (κ1) is 11.8. The maximum atomic E-state index is 10.4. The Bertz CT molecular complexity index is 306. The van der Waals surface area contributed by atoms with Crippen molar-refractivity contribution in [3.05, 3.63) is 28.0 Å². The van der Waals surface area contributed by atoms with Gasteiger partial charge in [-0.25, -0.2) is 9.78 Å². The fraction of sp³-hybridized carbons (Fsp3) is 0. The van der Waals surface area contributed by atoms with E-state index < -0.39 is 5.97 Å². The Morgan fingerprint density at radius 2 is 2.08 bits per heavy atom. The summed E-state index contributed by atoms with van der Waals surface area (Å²) in [6.45, 7) is 0. The molecule has 0 unspecified atom stereocenters. The quantitative estimate of drug-likeness (QED) is 0.551. The van der Waals surface area contributed by atoms with Crippen LogP contribution in [-0.2, 0) is 0 Å². The van der Waals surface area contributed by atoms with Gasteiger partial charge in [0, 0.05) is 6.20 Å². The van der Waals surface area contributed by atoms with Crippen molar-refractivity contribution in [2.45, 2.75) is 0 Å². The number of carboxylic acid groups (broad SMARTS) is 1. The molecule has 60 valence electrons. The third-order valence-electron chi connectivity index (χ3n) is 1.08. The van der Waals surface area contributed by atoms with Gasteiger partial charge in [-0.05, 0) is 6.07 Å². The molecule has 12 heavy (non-hydrogen) atoms. The zero-order chi connectivity index (χ0) is 8.43. The SMILES string of the molecule is O=C(O)c1ccnc(Cl)c1Cl.[LiH]. The third kappa shape index (κ3) is 2.39. The molecule has 0 amide bonds. The number of aromatic nitrogens is 1. The summed E-state index contributed by atoms with van der Waals surface area (Å²) in [6, 6.07) is 1.29. The molecule has 0 bridgehead atoms. The average molecular weight is 200 g/mol. The van der Waals surface area contributed by atoms with Crippen LogP contribution in [0.25, 0.3) is 0 Å². The van der Waals surface area contributed by atoms with Crippen LogP contribution in [0.2, 0.25) is 10.2 Å². The van der Waals surface area contributed by atoms with Gasteiger partial charge in [0.25, 0.3) is 0 Å². The number of aromatic carboxylic acids is 1. The van der Waals surface area contributed by atoms with Crippen LogP contribution in [0, 0.1) is 0 Å². The first-order valence-electron chi connectivity index (χ1n) is 2.66. The second-order valence-electron chi connectivity index (χ2n) is 1.77. The summed E-state index contributed by atoms with van der Waals surface area (Å²) in [5.41, 5.74) is -0.0355. The molecule has 0 aromatic carbocycles. The summed E-state index contributed by atoms with van der Waals surface area (Å²) in [4.78, 5) is 14.0. The molecule has 1 aromatic rings. The van der Waals surface area contributed by atoms with Gasteiger partial charge < -0.3 is 5.11 Å². The number of nitrogens with zero attached hydrogens (tertiary/aromatic N) is 1. The van der Waals surface area contributed by atoms with Crippen molar-refractivity contribution in [2.24, 2.45) is 0 Å². The summed E-state index contributed by atoms with van der Waals surface area (Å²) in [5, 5.41) is 8.50. The molecule has 0 aliphatic heterocycles. The van der Waals surface area contributed by atoms with Gasteiger partial charge in [-0.1, -0.05) is 23.2 Å². The van der Waals surface area contributed by atoms with Crippen LogP contribution in [0.5, 0.6) is 0 Å². The monoisotopic (exact) mass is 199 g/mol. The topological polar surface area (TPSA) is 50.2 Å². The second-order valence-corrected chi connectivity index (χ2v) is 2.50. The summed E-state index contributed by atoms with van der Waals surface area (Å²) < 4.78 is 0. The molecule has 0 aliphatic rings. The fourth-order valence-corrected chi connectivity index (χ4v) is 0.934. The van der Waals surface area contributed by atoms with E-state index in [4.69, 9.17) is 28.3 Å². The Balaban J connectivity index is 0.00000121. The fourth-order valence-electron chi connectivity index (χ4n) is 0.583. The third-order valence-corrected chi connectivity index (χ3v) is 1.84. The number of carbonyl (C=O) groups is 1. The van der Waals surface area contributed by atoms with Crippen LogP contribution in [0.3, 0.4) is 0 Å². The van der Waals surface area contributed by atoms with Crippen molar-refractivity contribution < 1.29 is 9.90 Å². The van der Waals surface area contributed by atoms with Crippen LogP contribution in [0.4, 0.5) is 0 Å². The van der Waals surface area contributed by atoms with E-state index in [1.54, 1.807) is 0 Å². The normalized spacial score (nSPS) is 8.83. The van der Waals surface area contributed by atoms with Crippen molar-refractivity contribution >= 4 is 48.0 Å². The van der Waals surface area contributed by atoms with E-state index in [1.807, 2.05) is 0 Å². The van der Waals surface area contributed by atoms with Crippen molar-refractivity contribution in [3.63, 3.8) is 0 Å². The Morgan fingerprint density at radius 3 is 2.50 bits per heavy atom. The Hall–Kier alpha value is -0.203. The molecule has 0 spiro atoms. The minimum atomic E-state index is -1.11. The van der Waals surface area contributed by atoms with Crippen molar-refractivity contribution in [1.29, 1.82) is 0 Å². The van der Waals surface area contributed by atoms with E-state index >= 15 is 0 Å². The zero-order valence-electron chi connectivity index (χ0n) is 5.21. The molecule has 1 N–H and O–H groups in total. The molecular weight excluding hydrogens is 196 g/mol. The second kappa shape index (κ2) is 4.73. The average Bonchev–Trinajstić information content (AvgIpc) is 1.94.